The van der Waals surface area contributed by atoms with Gasteiger partial charge >= 0.3 is 0 Å². The third-order valence-corrected chi connectivity index (χ3v) is 7.32. The summed E-state index contributed by atoms with van der Waals surface area (Å²) < 4.78 is 11.6. The number of carbonyl (C=O) groups excluding carboxylic acids is 1. The molecule has 1 aliphatic carbocycles. The van der Waals surface area contributed by atoms with E-state index in [9.17, 15) is 4.79 Å². The zero-order valence-corrected chi connectivity index (χ0v) is 20.0. The molecule has 170 valence electrons. The van der Waals surface area contributed by atoms with E-state index in [1.807, 2.05) is 16.3 Å². The Morgan fingerprint density at radius 2 is 2.00 bits per heavy atom. The number of hydrogen-bond donors (Lipinski definition) is 1. The summed E-state index contributed by atoms with van der Waals surface area (Å²) in [6.07, 6.45) is 6.53. The summed E-state index contributed by atoms with van der Waals surface area (Å²) in [5, 5.41) is 5.35. The van der Waals surface area contributed by atoms with Crippen LogP contribution in [0.25, 0.3) is 0 Å². The number of halogens is 1. The second kappa shape index (κ2) is 10.8. The SMILES string of the molecule is COc1ccsc1CNCC(=O)N(c1ccc(C)cc1)C1CCOC2(CCCC2)C1.Cl. The van der Waals surface area contributed by atoms with Crippen LogP contribution in [0.1, 0.15) is 49.0 Å². The summed E-state index contributed by atoms with van der Waals surface area (Å²) >= 11 is 1.64. The van der Waals surface area contributed by atoms with Crippen molar-refractivity contribution in [1.29, 1.82) is 0 Å². The Morgan fingerprint density at radius 3 is 2.71 bits per heavy atom. The Hall–Kier alpha value is -1.60. The van der Waals surface area contributed by atoms with Crippen LogP contribution in [0.4, 0.5) is 5.69 Å². The number of benzene rings is 1. The fraction of sp³-hybridized carbons (Fsp3) is 0.542. The zero-order chi connectivity index (χ0) is 21.0. The molecular formula is C24H33ClN2O3S. The number of nitrogens with zero attached hydrogens (tertiary/aromatic N) is 1. The predicted octanol–water partition coefficient (Wildman–Crippen LogP) is 5.10. The Kier molecular flexibility index (Phi) is 8.39. The fourth-order valence-electron chi connectivity index (χ4n) is 4.86. The van der Waals surface area contributed by atoms with Crippen molar-refractivity contribution in [1.82, 2.24) is 5.32 Å². The third kappa shape index (κ3) is 5.61. The molecule has 2 fully saturated rings. The molecule has 4 rings (SSSR count). The number of ether oxygens (including phenoxy) is 2. The topological polar surface area (TPSA) is 50.8 Å². The van der Waals surface area contributed by atoms with Crippen molar-refractivity contribution in [3.63, 3.8) is 0 Å². The highest BCUT2D eigenvalue weighted by atomic mass is 35.5. The van der Waals surface area contributed by atoms with Crippen LogP contribution in [-0.2, 0) is 16.1 Å². The van der Waals surface area contributed by atoms with Gasteiger partial charge in [-0.25, -0.2) is 0 Å². The molecule has 31 heavy (non-hydrogen) atoms. The van der Waals surface area contributed by atoms with Crippen molar-refractivity contribution < 1.29 is 14.3 Å². The average Bonchev–Trinajstić information content (AvgIpc) is 3.39. The van der Waals surface area contributed by atoms with Gasteiger partial charge < -0.3 is 19.7 Å². The smallest absolute Gasteiger partial charge is 0.241 e. The summed E-state index contributed by atoms with van der Waals surface area (Å²) in [7, 11) is 1.68. The van der Waals surface area contributed by atoms with Gasteiger partial charge in [-0.15, -0.1) is 23.7 Å². The monoisotopic (exact) mass is 464 g/mol. The summed E-state index contributed by atoms with van der Waals surface area (Å²) in [4.78, 5) is 16.6. The van der Waals surface area contributed by atoms with Crippen molar-refractivity contribution in [3.8, 4) is 5.75 Å². The number of aryl methyl sites for hydroxylation is 1. The van der Waals surface area contributed by atoms with E-state index in [1.165, 1.54) is 18.4 Å². The van der Waals surface area contributed by atoms with Gasteiger partial charge in [0.2, 0.25) is 5.91 Å². The minimum absolute atomic E-state index is 0. The second-order valence-corrected chi connectivity index (χ2v) is 9.50. The number of rotatable bonds is 7. The van der Waals surface area contributed by atoms with Gasteiger partial charge in [0.05, 0.1) is 24.1 Å². The maximum absolute atomic E-state index is 13.4. The van der Waals surface area contributed by atoms with Crippen LogP contribution in [0.2, 0.25) is 0 Å². The molecule has 1 amide bonds. The van der Waals surface area contributed by atoms with E-state index in [2.05, 4.69) is 36.5 Å². The number of methoxy groups -OCH3 is 1. The highest BCUT2D eigenvalue weighted by molar-refractivity contribution is 7.10. The molecule has 1 spiro atoms. The molecule has 1 saturated carbocycles. The van der Waals surface area contributed by atoms with Gasteiger partial charge in [-0.05, 0) is 56.2 Å². The van der Waals surface area contributed by atoms with E-state index in [-0.39, 0.29) is 30.0 Å². The van der Waals surface area contributed by atoms with Crippen molar-refractivity contribution in [2.45, 2.75) is 63.6 Å². The first-order valence-electron chi connectivity index (χ1n) is 10.9. The molecule has 2 aliphatic rings. The molecule has 0 bridgehead atoms. The summed E-state index contributed by atoms with van der Waals surface area (Å²) in [5.74, 6) is 0.998. The lowest BCUT2D eigenvalue weighted by Crippen LogP contribution is -2.51. The molecule has 2 aromatic rings. The molecule has 1 unspecified atom stereocenters. The van der Waals surface area contributed by atoms with E-state index in [0.717, 1.165) is 48.6 Å². The fourth-order valence-corrected chi connectivity index (χ4v) is 5.67. The number of hydrogen-bond acceptors (Lipinski definition) is 5. The first-order valence-corrected chi connectivity index (χ1v) is 11.8. The normalized spacial score (nSPS) is 19.7. The predicted molar refractivity (Wildman–Crippen MR) is 129 cm³/mol. The highest BCUT2D eigenvalue weighted by Gasteiger charge is 2.42. The lowest BCUT2D eigenvalue weighted by atomic mass is 9.87. The molecule has 1 N–H and O–H groups in total. The Balaban J connectivity index is 0.00000272. The van der Waals surface area contributed by atoms with Gasteiger partial charge in [0.1, 0.15) is 5.75 Å². The molecule has 1 aliphatic heterocycles. The van der Waals surface area contributed by atoms with Gasteiger partial charge in [-0.1, -0.05) is 30.5 Å². The number of anilines is 1. The van der Waals surface area contributed by atoms with Crippen LogP contribution in [-0.4, -0.2) is 37.8 Å². The maximum atomic E-state index is 13.4. The third-order valence-electron chi connectivity index (χ3n) is 6.41. The molecule has 2 heterocycles. The summed E-state index contributed by atoms with van der Waals surface area (Å²) in [6, 6.07) is 10.5. The quantitative estimate of drug-likeness (QED) is 0.619. The lowest BCUT2D eigenvalue weighted by molar-refractivity contribution is -0.120. The molecule has 5 nitrogen and oxygen atoms in total. The van der Waals surface area contributed by atoms with Crippen LogP contribution in [0, 0.1) is 6.92 Å². The number of carbonyl (C=O) groups is 1. The van der Waals surface area contributed by atoms with Crippen LogP contribution in [0.5, 0.6) is 5.75 Å². The zero-order valence-electron chi connectivity index (χ0n) is 18.4. The van der Waals surface area contributed by atoms with Gasteiger partial charge in [0, 0.05) is 24.9 Å². The molecular weight excluding hydrogens is 432 g/mol. The van der Waals surface area contributed by atoms with Crippen molar-refractivity contribution in [2.75, 3.05) is 25.2 Å². The number of amides is 1. The van der Waals surface area contributed by atoms with E-state index < -0.39 is 0 Å². The van der Waals surface area contributed by atoms with Crippen LogP contribution in [0.3, 0.4) is 0 Å². The molecule has 1 aromatic carbocycles. The number of nitrogens with one attached hydrogen (secondary N) is 1. The maximum Gasteiger partial charge on any atom is 0.241 e. The standard InChI is InChI=1S/C24H32N2O3S.ClH/c1-18-5-7-19(8-6-18)26(20-9-13-29-24(15-20)11-3-4-12-24)23(27)17-25-16-22-21(28-2)10-14-30-22;/h5-8,10,14,20,25H,3-4,9,11-13,15-17H2,1-2H3;1H. The molecule has 7 heteroatoms. The second-order valence-electron chi connectivity index (χ2n) is 8.50. The minimum Gasteiger partial charge on any atom is -0.496 e. The Morgan fingerprint density at radius 1 is 1.26 bits per heavy atom. The summed E-state index contributed by atoms with van der Waals surface area (Å²) in [6.45, 7) is 3.75. The molecule has 1 saturated heterocycles. The van der Waals surface area contributed by atoms with Crippen molar-refractivity contribution in [2.24, 2.45) is 0 Å². The Bertz CT molecular complexity index is 849. The molecule has 1 atom stereocenters. The van der Waals surface area contributed by atoms with Crippen LogP contribution in [0.15, 0.2) is 35.7 Å². The van der Waals surface area contributed by atoms with Crippen LogP contribution >= 0.6 is 23.7 Å². The van der Waals surface area contributed by atoms with Crippen molar-refractivity contribution >= 4 is 35.3 Å². The van der Waals surface area contributed by atoms with Gasteiger partial charge in [-0.2, -0.15) is 0 Å². The minimum atomic E-state index is -0.0239. The van der Waals surface area contributed by atoms with Crippen LogP contribution < -0.4 is 15.0 Å². The summed E-state index contributed by atoms with van der Waals surface area (Å²) in [5.41, 5.74) is 2.17. The average molecular weight is 465 g/mol. The highest BCUT2D eigenvalue weighted by Crippen LogP contribution is 2.42. The van der Waals surface area contributed by atoms with E-state index in [4.69, 9.17) is 9.47 Å². The Labute approximate surface area is 195 Å². The first kappa shape index (κ1) is 24.1. The van der Waals surface area contributed by atoms with Crippen molar-refractivity contribution in [3.05, 3.63) is 46.2 Å². The largest absolute Gasteiger partial charge is 0.496 e. The lowest BCUT2D eigenvalue weighted by Gasteiger charge is -2.43. The first-order chi connectivity index (χ1) is 14.6. The van der Waals surface area contributed by atoms with Gasteiger partial charge in [0.25, 0.3) is 0 Å². The van der Waals surface area contributed by atoms with E-state index in [1.54, 1.807) is 18.4 Å². The van der Waals surface area contributed by atoms with E-state index in [0.29, 0.717) is 13.1 Å². The number of thiophene rings is 1. The van der Waals surface area contributed by atoms with Gasteiger partial charge in [0.15, 0.2) is 0 Å². The van der Waals surface area contributed by atoms with Gasteiger partial charge in [-0.3, -0.25) is 4.79 Å². The van der Waals surface area contributed by atoms with E-state index >= 15 is 0 Å². The molecule has 1 aromatic heterocycles. The molecule has 0 radical (unpaired) electrons.